The third kappa shape index (κ3) is 2.78. The van der Waals surface area contributed by atoms with Crippen LogP contribution in [0.15, 0.2) is 36.7 Å². The summed E-state index contributed by atoms with van der Waals surface area (Å²) in [6, 6.07) is 6.52. The fourth-order valence-corrected chi connectivity index (χ4v) is 3.73. The Morgan fingerprint density at radius 1 is 1.48 bits per heavy atom. The van der Waals surface area contributed by atoms with E-state index < -0.39 is 5.82 Å². The number of likely N-dealkylation sites (tertiary alicyclic amines) is 1. The lowest BCUT2D eigenvalue weighted by Crippen LogP contribution is -2.38. The first-order valence-corrected chi connectivity index (χ1v) is 8.31. The summed E-state index contributed by atoms with van der Waals surface area (Å²) in [7, 11) is 1.86. The first-order valence-electron chi connectivity index (χ1n) is 8.31. The van der Waals surface area contributed by atoms with E-state index in [1.807, 2.05) is 34.8 Å². The van der Waals surface area contributed by atoms with Gasteiger partial charge in [0, 0.05) is 38.4 Å². The standard InChI is InChI=1S/C18H20FN3O3/c1-21-7-3-5-15(21)17(23)22-8-13-9-24-11-18(13,10-22)12-25-16-14(19)4-2-6-20-16/h2-7,13H,8-12H2,1H3/t13-,18+/m1/s1. The summed E-state index contributed by atoms with van der Waals surface area (Å²) in [5, 5.41) is 0. The van der Waals surface area contributed by atoms with Crippen LogP contribution in [0, 0.1) is 17.2 Å². The van der Waals surface area contributed by atoms with Crippen LogP contribution >= 0.6 is 0 Å². The molecule has 7 heteroatoms. The molecule has 0 aromatic carbocycles. The third-order valence-corrected chi connectivity index (χ3v) is 5.19. The van der Waals surface area contributed by atoms with E-state index in [2.05, 4.69) is 4.98 Å². The zero-order valence-corrected chi connectivity index (χ0v) is 14.0. The number of hydrogen-bond acceptors (Lipinski definition) is 4. The summed E-state index contributed by atoms with van der Waals surface area (Å²) < 4.78 is 26.9. The van der Waals surface area contributed by atoms with Gasteiger partial charge in [-0.15, -0.1) is 0 Å². The zero-order chi connectivity index (χ0) is 17.4. The van der Waals surface area contributed by atoms with Crippen LogP contribution in [-0.2, 0) is 11.8 Å². The lowest BCUT2D eigenvalue weighted by Gasteiger charge is -2.26. The van der Waals surface area contributed by atoms with Crippen molar-refractivity contribution < 1.29 is 18.7 Å². The molecule has 2 aromatic heterocycles. The van der Waals surface area contributed by atoms with Crippen molar-refractivity contribution in [1.29, 1.82) is 0 Å². The molecule has 132 valence electrons. The van der Waals surface area contributed by atoms with Crippen LogP contribution in [0.4, 0.5) is 4.39 Å². The highest BCUT2D eigenvalue weighted by atomic mass is 19.1. The number of aromatic nitrogens is 2. The Balaban J connectivity index is 1.50. The molecule has 0 aliphatic carbocycles. The molecule has 25 heavy (non-hydrogen) atoms. The highest BCUT2D eigenvalue weighted by Crippen LogP contribution is 2.42. The van der Waals surface area contributed by atoms with Gasteiger partial charge in [0.2, 0.25) is 5.88 Å². The van der Waals surface area contributed by atoms with Gasteiger partial charge < -0.3 is 18.9 Å². The summed E-state index contributed by atoms with van der Waals surface area (Å²) in [4.78, 5) is 18.6. The fourth-order valence-electron chi connectivity index (χ4n) is 3.73. The molecule has 2 atom stereocenters. The van der Waals surface area contributed by atoms with E-state index in [1.165, 1.54) is 18.3 Å². The molecule has 2 aliphatic rings. The van der Waals surface area contributed by atoms with Gasteiger partial charge in [-0.2, -0.15) is 0 Å². The maximum atomic E-state index is 13.8. The van der Waals surface area contributed by atoms with E-state index in [1.54, 1.807) is 0 Å². The zero-order valence-electron chi connectivity index (χ0n) is 14.0. The number of amides is 1. The van der Waals surface area contributed by atoms with Gasteiger partial charge in [-0.25, -0.2) is 9.37 Å². The molecule has 0 saturated carbocycles. The Morgan fingerprint density at radius 3 is 3.12 bits per heavy atom. The van der Waals surface area contributed by atoms with Gasteiger partial charge in [0.15, 0.2) is 5.82 Å². The lowest BCUT2D eigenvalue weighted by molar-refractivity contribution is 0.0643. The van der Waals surface area contributed by atoms with Crippen LogP contribution in [0.2, 0.25) is 0 Å². The summed E-state index contributed by atoms with van der Waals surface area (Å²) in [5.74, 6) is -0.298. The number of carbonyl (C=O) groups excluding carboxylic acids is 1. The second kappa shape index (κ2) is 6.15. The van der Waals surface area contributed by atoms with Crippen molar-refractivity contribution in [1.82, 2.24) is 14.5 Å². The van der Waals surface area contributed by atoms with E-state index in [9.17, 15) is 9.18 Å². The summed E-state index contributed by atoms with van der Waals surface area (Å²) >= 11 is 0. The van der Waals surface area contributed by atoms with E-state index in [0.29, 0.717) is 32.0 Å². The van der Waals surface area contributed by atoms with Crippen molar-refractivity contribution >= 4 is 5.91 Å². The van der Waals surface area contributed by atoms with Crippen LogP contribution in [0.25, 0.3) is 0 Å². The Kier molecular flexibility index (Phi) is 3.95. The number of rotatable bonds is 4. The summed E-state index contributed by atoms with van der Waals surface area (Å²) in [5.41, 5.74) is 0.345. The molecule has 0 unspecified atom stereocenters. The summed E-state index contributed by atoms with van der Waals surface area (Å²) in [6.45, 7) is 2.53. The minimum atomic E-state index is -0.482. The minimum absolute atomic E-state index is 0.00487. The van der Waals surface area contributed by atoms with Crippen LogP contribution in [0.3, 0.4) is 0 Å². The monoisotopic (exact) mass is 345 g/mol. The molecule has 4 heterocycles. The third-order valence-electron chi connectivity index (χ3n) is 5.19. The van der Waals surface area contributed by atoms with Gasteiger partial charge in [-0.1, -0.05) is 0 Å². The highest BCUT2D eigenvalue weighted by Gasteiger charge is 2.52. The highest BCUT2D eigenvalue weighted by molar-refractivity contribution is 5.93. The van der Waals surface area contributed by atoms with Crippen molar-refractivity contribution in [2.24, 2.45) is 18.4 Å². The van der Waals surface area contributed by atoms with Gasteiger partial charge in [-0.05, 0) is 24.3 Å². The topological polar surface area (TPSA) is 56.6 Å². The molecule has 6 nitrogen and oxygen atoms in total. The second-order valence-electron chi connectivity index (χ2n) is 6.84. The van der Waals surface area contributed by atoms with Gasteiger partial charge in [0.25, 0.3) is 5.91 Å². The Labute approximate surface area is 145 Å². The maximum absolute atomic E-state index is 13.8. The second-order valence-corrected chi connectivity index (χ2v) is 6.84. The van der Waals surface area contributed by atoms with E-state index in [4.69, 9.17) is 9.47 Å². The Morgan fingerprint density at radius 2 is 2.36 bits per heavy atom. The van der Waals surface area contributed by atoms with Gasteiger partial charge in [0.1, 0.15) is 5.69 Å². The van der Waals surface area contributed by atoms with Crippen LogP contribution in [0.5, 0.6) is 5.88 Å². The van der Waals surface area contributed by atoms with Gasteiger partial charge in [0.05, 0.1) is 25.2 Å². The molecule has 2 aliphatic heterocycles. The van der Waals surface area contributed by atoms with E-state index in [-0.39, 0.29) is 29.7 Å². The number of ether oxygens (including phenoxy) is 2. The van der Waals surface area contributed by atoms with Crippen molar-refractivity contribution in [2.45, 2.75) is 0 Å². The molecular formula is C18H20FN3O3. The maximum Gasteiger partial charge on any atom is 0.270 e. The predicted molar refractivity (Wildman–Crippen MR) is 87.7 cm³/mol. The quantitative estimate of drug-likeness (QED) is 0.847. The first kappa shape index (κ1) is 16.1. The first-order chi connectivity index (χ1) is 12.1. The van der Waals surface area contributed by atoms with E-state index in [0.717, 1.165) is 0 Å². The molecule has 2 saturated heterocycles. The van der Waals surface area contributed by atoms with E-state index >= 15 is 0 Å². The Bertz CT molecular complexity index is 793. The average Bonchev–Trinajstić information content (AvgIpc) is 3.27. The molecule has 2 aromatic rings. The van der Waals surface area contributed by atoms with Crippen LogP contribution in [0.1, 0.15) is 10.5 Å². The predicted octanol–water partition coefficient (Wildman–Crippen LogP) is 1.73. The molecule has 0 radical (unpaired) electrons. The molecule has 4 rings (SSSR count). The Hall–Kier alpha value is -2.41. The van der Waals surface area contributed by atoms with Crippen LogP contribution < -0.4 is 4.74 Å². The smallest absolute Gasteiger partial charge is 0.270 e. The largest absolute Gasteiger partial charge is 0.475 e. The number of fused-ring (bicyclic) bond motifs is 1. The minimum Gasteiger partial charge on any atom is -0.475 e. The van der Waals surface area contributed by atoms with Gasteiger partial charge in [-0.3, -0.25) is 4.79 Å². The van der Waals surface area contributed by atoms with Crippen molar-refractivity contribution in [3.63, 3.8) is 0 Å². The summed E-state index contributed by atoms with van der Waals surface area (Å²) in [6.07, 6.45) is 3.36. The molecular weight excluding hydrogens is 325 g/mol. The number of pyridine rings is 1. The number of halogens is 1. The molecule has 0 bridgehead atoms. The lowest BCUT2D eigenvalue weighted by atomic mass is 9.82. The number of hydrogen-bond donors (Lipinski definition) is 0. The molecule has 2 fully saturated rings. The van der Waals surface area contributed by atoms with Crippen molar-refractivity contribution in [3.05, 3.63) is 48.2 Å². The SMILES string of the molecule is Cn1cccc1C(=O)N1C[C@@H]2COC[C@]2(COc2ncccc2F)C1. The number of carbonyl (C=O) groups is 1. The van der Waals surface area contributed by atoms with Gasteiger partial charge >= 0.3 is 0 Å². The van der Waals surface area contributed by atoms with Crippen molar-refractivity contribution in [2.75, 3.05) is 32.9 Å². The molecule has 1 amide bonds. The molecule has 0 spiro atoms. The molecule has 0 N–H and O–H groups in total. The number of nitrogens with zero attached hydrogens (tertiary/aromatic N) is 3. The average molecular weight is 345 g/mol. The van der Waals surface area contributed by atoms with Crippen molar-refractivity contribution in [3.8, 4) is 5.88 Å². The normalized spacial score (nSPS) is 25.2. The fraction of sp³-hybridized carbons (Fsp3) is 0.444. The number of aryl methyl sites for hydroxylation is 1. The van der Waals surface area contributed by atoms with Crippen LogP contribution in [-0.4, -0.2) is 53.3 Å².